The van der Waals surface area contributed by atoms with E-state index in [1.165, 1.54) is 38.9 Å². The monoisotopic (exact) mass is 720 g/mol. The average molecular weight is 721 g/mol. The first kappa shape index (κ1) is 34.3. The van der Waals surface area contributed by atoms with Crippen LogP contribution in [-0.4, -0.2) is 33.3 Å². The van der Waals surface area contributed by atoms with E-state index in [1.54, 1.807) is 18.6 Å². The number of aromatic nitrogens is 3. The van der Waals surface area contributed by atoms with Crippen molar-refractivity contribution in [3.63, 3.8) is 0 Å². The predicted molar refractivity (Wildman–Crippen MR) is 227 cm³/mol. The normalized spacial score (nSPS) is 14.9. The Balaban J connectivity index is 1.14. The summed E-state index contributed by atoms with van der Waals surface area (Å²) in [5, 5.41) is 0. The van der Waals surface area contributed by atoms with Crippen LogP contribution in [0.1, 0.15) is 38.9 Å². The average Bonchev–Trinajstić information content (AvgIpc) is 3.59. The third-order valence-electron chi connectivity index (χ3n) is 10.4. The number of aliphatic imine (C=N–C) groups is 3. The Labute approximate surface area is 326 Å². The molecule has 1 unspecified atom stereocenters. The topological polar surface area (TPSA) is 75.8 Å². The van der Waals surface area contributed by atoms with Gasteiger partial charge in [0.05, 0.1) is 12.0 Å². The lowest BCUT2D eigenvalue weighted by Crippen LogP contribution is -2.28. The third kappa shape index (κ3) is 6.23. The van der Waals surface area contributed by atoms with Crippen molar-refractivity contribution in [2.45, 2.75) is 12.0 Å². The first-order valence-electron chi connectivity index (χ1n) is 18.5. The number of hydrogen-bond acceptors (Lipinski definition) is 4. The molecule has 0 amide bonds. The van der Waals surface area contributed by atoms with E-state index in [9.17, 15) is 0 Å². The van der Waals surface area contributed by atoms with E-state index in [4.69, 9.17) is 9.98 Å². The van der Waals surface area contributed by atoms with Gasteiger partial charge in [-0.25, -0.2) is 9.98 Å². The number of amidine groups is 2. The second-order valence-electron chi connectivity index (χ2n) is 13.6. The van der Waals surface area contributed by atoms with Crippen molar-refractivity contribution in [2.75, 3.05) is 0 Å². The van der Waals surface area contributed by atoms with Crippen LogP contribution in [0.25, 0.3) is 33.4 Å². The van der Waals surface area contributed by atoms with Crippen molar-refractivity contribution in [2.24, 2.45) is 15.0 Å². The molecule has 8 aromatic rings. The van der Waals surface area contributed by atoms with Gasteiger partial charge in [0.25, 0.3) is 0 Å². The SMILES string of the molecule is C=NC(=NC(=NCc1cccnc1)c1cccnc1)c1cccc(-c2cccc(-c3cccc4c3-c3ccccc3C4(c3ccccc3)c3ccncc3)c2)c1. The Hall–Kier alpha value is -7.44. The number of fused-ring (bicyclic) bond motifs is 3. The van der Waals surface area contributed by atoms with Crippen LogP contribution in [0.2, 0.25) is 0 Å². The highest BCUT2D eigenvalue weighted by molar-refractivity contribution is 6.13. The predicted octanol–water partition coefficient (Wildman–Crippen LogP) is 10.7. The highest BCUT2D eigenvalue weighted by Crippen LogP contribution is 2.58. The standard InChI is InChI=1S/C50H36N6/c1-51-48(56-49(40-17-11-27-54-34-40)55-33-35-12-10-26-53-32-35)39-16-8-14-37(31-39)36-13-7-15-38(30-36)43-21-9-23-46-47(43)44-20-5-6-22-45(44)50(46,41-18-3-2-4-19-41)42-24-28-52-29-25-42/h2-32,34H,1,33H2. The fourth-order valence-electron chi connectivity index (χ4n) is 7.99. The zero-order valence-electron chi connectivity index (χ0n) is 30.6. The van der Waals surface area contributed by atoms with Crippen molar-refractivity contribution in [1.29, 1.82) is 0 Å². The summed E-state index contributed by atoms with van der Waals surface area (Å²) in [6, 6.07) is 55.5. The molecule has 3 aromatic heterocycles. The fraction of sp³-hybridized carbons (Fsp3) is 0.0400. The summed E-state index contributed by atoms with van der Waals surface area (Å²) in [5.74, 6) is 0.996. The summed E-state index contributed by atoms with van der Waals surface area (Å²) >= 11 is 0. The van der Waals surface area contributed by atoms with E-state index in [-0.39, 0.29) is 0 Å². The summed E-state index contributed by atoms with van der Waals surface area (Å²) in [6.45, 7) is 4.32. The van der Waals surface area contributed by atoms with Crippen molar-refractivity contribution >= 4 is 18.4 Å². The summed E-state index contributed by atoms with van der Waals surface area (Å²) in [4.78, 5) is 27.1. The van der Waals surface area contributed by atoms with Crippen molar-refractivity contribution < 1.29 is 0 Å². The number of hydrogen-bond donors (Lipinski definition) is 0. The Morgan fingerprint density at radius 2 is 1.16 bits per heavy atom. The molecule has 0 spiro atoms. The van der Waals surface area contributed by atoms with Gasteiger partial charge in [-0.15, -0.1) is 0 Å². The maximum absolute atomic E-state index is 4.95. The van der Waals surface area contributed by atoms with Crippen LogP contribution in [0.3, 0.4) is 0 Å². The summed E-state index contributed by atoms with van der Waals surface area (Å²) in [5.41, 5.74) is 14.0. The molecule has 56 heavy (non-hydrogen) atoms. The van der Waals surface area contributed by atoms with Gasteiger partial charge in [0, 0.05) is 48.3 Å². The smallest absolute Gasteiger partial charge is 0.161 e. The van der Waals surface area contributed by atoms with E-state index in [2.05, 4.69) is 148 Å². The van der Waals surface area contributed by atoms with Crippen LogP contribution in [0.4, 0.5) is 0 Å². The zero-order chi connectivity index (χ0) is 37.7. The van der Waals surface area contributed by atoms with Gasteiger partial charge in [0.1, 0.15) is 0 Å². The molecule has 1 atom stereocenters. The van der Waals surface area contributed by atoms with Gasteiger partial charge >= 0.3 is 0 Å². The number of pyridine rings is 3. The van der Waals surface area contributed by atoms with Crippen molar-refractivity contribution in [3.8, 4) is 33.4 Å². The lowest BCUT2D eigenvalue weighted by Gasteiger charge is -2.33. The first-order valence-corrected chi connectivity index (χ1v) is 18.5. The molecule has 0 N–H and O–H groups in total. The summed E-state index contributed by atoms with van der Waals surface area (Å²) in [7, 11) is 0. The number of benzene rings is 5. The minimum atomic E-state index is -0.499. The summed E-state index contributed by atoms with van der Waals surface area (Å²) < 4.78 is 0. The van der Waals surface area contributed by atoms with Crippen molar-refractivity contribution in [1.82, 2.24) is 15.0 Å². The lowest BCUT2D eigenvalue weighted by atomic mass is 9.68. The quantitative estimate of drug-likeness (QED) is 0.116. The summed E-state index contributed by atoms with van der Waals surface area (Å²) in [6.07, 6.45) is 10.8. The fourth-order valence-corrected chi connectivity index (χ4v) is 7.99. The minimum Gasteiger partial charge on any atom is -0.265 e. The van der Waals surface area contributed by atoms with Crippen molar-refractivity contribution in [3.05, 3.63) is 234 Å². The van der Waals surface area contributed by atoms with Crippen LogP contribution >= 0.6 is 0 Å². The number of nitrogens with zero attached hydrogens (tertiary/aromatic N) is 6. The largest absolute Gasteiger partial charge is 0.265 e. The Kier molecular flexibility index (Phi) is 9.27. The van der Waals surface area contributed by atoms with Gasteiger partial charge in [-0.1, -0.05) is 115 Å². The maximum Gasteiger partial charge on any atom is 0.161 e. The molecule has 3 heterocycles. The van der Waals surface area contributed by atoms with Gasteiger partial charge in [0.15, 0.2) is 11.7 Å². The Morgan fingerprint density at radius 3 is 1.95 bits per heavy atom. The Bertz CT molecular complexity index is 2690. The number of rotatable bonds is 8. The molecule has 1 aliphatic rings. The highest BCUT2D eigenvalue weighted by atomic mass is 15.0. The second kappa shape index (κ2) is 15.1. The van der Waals surface area contributed by atoms with Gasteiger partial charge in [0.2, 0.25) is 0 Å². The molecule has 6 heteroatoms. The minimum absolute atomic E-state index is 0.418. The van der Waals surface area contributed by atoms with E-state index >= 15 is 0 Å². The first-order chi connectivity index (χ1) is 27.7. The molecule has 0 bridgehead atoms. The van der Waals surface area contributed by atoms with Crippen LogP contribution in [0, 0.1) is 0 Å². The molecule has 1 aliphatic carbocycles. The Morgan fingerprint density at radius 1 is 0.500 bits per heavy atom. The molecule has 0 radical (unpaired) electrons. The van der Waals surface area contributed by atoms with E-state index in [1.807, 2.05) is 55.0 Å². The highest BCUT2D eigenvalue weighted by Gasteiger charge is 2.46. The molecular weight excluding hydrogens is 685 g/mol. The zero-order valence-corrected chi connectivity index (χ0v) is 30.6. The van der Waals surface area contributed by atoms with E-state index < -0.39 is 5.41 Å². The van der Waals surface area contributed by atoms with Crippen LogP contribution < -0.4 is 0 Å². The van der Waals surface area contributed by atoms with Gasteiger partial charge in [-0.05, 0) is 110 Å². The lowest BCUT2D eigenvalue weighted by molar-refractivity contribution is 0.766. The van der Waals surface area contributed by atoms with E-state index in [0.717, 1.165) is 33.4 Å². The molecule has 9 rings (SSSR count). The molecule has 6 nitrogen and oxygen atoms in total. The van der Waals surface area contributed by atoms with Crippen LogP contribution in [0.5, 0.6) is 0 Å². The molecular formula is C50H36N6. The molecule has 266 valence electrons. The van der Waals surface area contributed by atoms with Crippen LogP contribution in [0.15, 0.2) is 210 Å². The van der Waals surface area contributed by atoms with Gasteiger partial charge < -0.3 is 0 Å². The molecule has 5 aromatic carbocycles. The second-order valence-corrected chi connectivity index (χ2v) is 13.6. The third-order valence-corrected chi connectivity index (χ3v) is 10.4. The van der Waals surface area contributed by atoms with Crippen LogP contribution in [-0.2, 0) is 12.0 Å². The van der Waals surface area contributed by atoms with Gasteiger partial charge in [-0.3, -0.25) is 19.9 Å². The van der Waals surface area contributed by atoms with E-state index in [0.29, 0.717) is 18.2 Å². The molecule has 0 saturated carbocycles. The van der Waals surface area contributed by atoms with Gasteiger partial charge in [-0.2, -0.15) is 0 Å². The molecule has 0 saturated heterocycles. The maximum atomic E-state index is 4.95. The molecule has 0 fully saturated rings. The molecule has 0 aliphatic heterocycles.